The van der Waals surface area contributed by atoms with E-state index in [4.69, 9.17) is 26.8 Å². The van der Waals surface area contributed by atoms with Crippen molar-refractivity contribution < 1.29 is 19.0 Å². The molecule has 0 aliphatic rings. The summed E-state index contributed by atoms with van der Waals surface area (Å²) in [6.45, 7) is -0.191. The number of nitrogens with two attached hydrogens (primary N) is 1. The minimum absolute atomic E-state index is 0.120. The van der Waals surface area contributed by atoms with Gasteiger partial charge in [-0.05, 0) is 42.0 Å². The van der Waals surface area contributed by atoms with Crippen LogP contribution in [0.4, 0.5) is 4.39 Å². The first-order valence-corrected chi connectivity index (χ1v) is 7.04. The Morgan fingerprint density at radius 2 is 1.86 bits per heavy atom. The van der Waals surface area contributed by atoms with Gasteiger partial charge >= 0.3 is 0 Å². The average Bonchev–Trinajstić information content (AvgIpc) is 2.53. The number of aliphatic hydroxyl groups is 1. The highest BCUT2D eigenvalue weighted by Gasteiger charge is 2.16. The van der Waals surface area contributed by atoms with E-state index in [1.54, 1.807) is 31.4 Å². The number of hydrogen-bond donors (Lipinski definition) is 2. The third-order valence-electron chi connectivity index (χ3n) is 3.23. The van der Waals surface area contributed by atoms with Crippen LogP contribution in [-0.4, -0.2) is 18.8 Å². The Kier molecular flexibility index (Phi) is 5.60. The Bertz CT molecular complexity index is 634. The van der Waals surface area contributed by atoms with Crippen LogP contribution in [0.1, 0.15) is 17.2 Å². The van der Waals surface area contributed by atoms with Gasteiger partial charge in [-0.25, -0.2) is 4.39 Å². The topological polar surface area (TPSA) is 64.7 Å². The van der Waals surface area contributed by atoms with Crippen molar-refractivity contribution in [3.63, 3.8) is 0 Å². The van der Waals surface area contributed by atoms with Crippen LogP contribution in [0, 0.1) is 5.82 Å². The largest absolute Gasteiger partial charge is 0.497 e. The molecular formula is C16H17ClFNO3. The van der Waals surface area contributed by atoms with Crippen molar-refractivity contribution in [1.29, 1.82) is 0 Å². The minimum atomic E-state index is -0.720. The first-order chi connectivity index (χ1) is 10.5. The number of halogens is 2. The van der Waals surface area contributed by atoms with Gasteiger partial charge in [-0.1, -0.05) is 11.6 Å². The van der Waals surface area contributed by atoms with Gasteiger partial charge in [0.25, 0.3) is 0 Å². The van der Waals surface area contributed by atoms with E-state index in [0.717, 1.165) is 5.75 Å². The predicted molar refractivity (Wildman–Crippen MR) is 82.8 cm³/mol. The van der Waals surface area contributed by atoms with Crippen molar-refractivity contribution in [2.45, 2.75) is 12.6 Å². The molecule has 0 heterocycles. The minimum Gasteiger partial charge on any atom is -0.497 e. The van der Waals surface area contributed by atoms with E-state index in [9.17, 15) is 9.50 Å². The molecule has 0 amide bonds. The van der Waals surface area contributed by atoms with Crippen LogP contribution in [0.5, 0.6) is 11.5 Å². The molecule has 0 fully saturated rings. The van der Waals surface area contributed by atoms with Crippen LogP contribution in [0.3, 0.4) is 0 Å². The Morgan fingerprint density at radius 1 is 1.23 bits per heavy atom. The first kappa shape index (κ1) is 16.5. The molecule has 0 spiro atoms. The molecular weight excluding hydrogens is 309 g/mol. The molecule has 0 aromatic heterocycles. The van der Waals surface area contributed by atoms with Gasteiger partial charge < -0.3 is 20.3 Å². The number of hydrogen-bond acceptors (Lipinski definition) is 4. The van der Waals surface area contributed by atoms with Crippen molar-refractivity contribution in [1.82, 2.24) is 0 Å². The van der Waals surface area contributed by atoms with Crippen molar-refractivity contribution in [2.24, 2.45) is 5.73 Å². The van der Waals surface area contributed by atoms with Gasteiger partial charge in [0, 0.05) is 5.56 Å². The first-order valence-electron chi connectivity index (χ1n) is 6.66. The molecule has 2 aromatic carbocycles. The lowest BCUT2D eigenvalue weighted by molar-refractivity contribution is 0.263. The zero-order chi connectivity index (χ0) is 16.1. The molecule has 118 valence electrons. The Morgan fingerprint density at radius 3 is 2.45 bits per heavy atom. The van der Waals surface area contributed by atoms with Gasteiger partial charge in [-0.2, -0.15) is 0 Å². The van der Waals surface area contributed by atoms with Crippen molar-refractivity contribution in [3.8, 4) is 11.5 Å². The number of aliphatic hydroxyl groups excluding tert-OH is 1. The second-order valence-corrected chi connectivity index (χ2v) is 5.12. The lowest BCUT2D eigenvalue weighted by Gasteiger charge is -2.17. The van der Waals surface area contributed by atoms with Gasteiger partial charge in [-0.15, -0.1) is 0 Å². The van der Waals surface area contributed by atoms with E-state index in [1.807, 2.05) is 0 Å². The molecule has 1 atom stereocenters. The van der Waals surface area contributed by atoms with Crippen LogP contribution < -0.4 is 15.2 Å². The average molecular weight is 326 g/mol. The Hall–Kier alpha value is -1.82. The van der Waals surface area contributed by atoms with E-state index in [-0.39, 0.29) is 18.2 Å². The zero-order valence-electron chi connectivity index (χ0n) is 12.1. The fourth-order valence-corrected chi connectivity index (χ4v) is 2.30. The van der Waals surface area contributed by atoms with Crippen molar-refractivity contribution in [2.75, 3.05) is 13.7 Å². The number of ether oxygens (including phenoxy) is 2. The summed E-state index contributed by atoms with van der Waals surface area (Å²) in [5, 5.41) is 9.41. The molecule has 2 rings (SSSR count). The predicted octanol–water partition coefficient (Wildman–Crippen LogP) is 3.06. The maximum Gasteiger partial charge on any atom is 0.125 e. The lowest BCUT2D eigenvalue weighted by atomic mass is 10.0. The van der Waals surface area contributed by atoms with Crippen molar-refractivity contribution >= 4 is 11.6 Å². The highest BCUT2D eigenvalue weighted by Crippen LogP contribution is 2.28. The molecule has 0 saturated heterocycles. The second kappa shape index (κ2) is 7.45. The van der Waals surface area contributed by atoms with Gasteiger partial charge in [0.1, 0.15) is 23.9 Å². The smallest absolute Gasteiger partial charge is 0.125 e. The van der Waals surface area contributed by atoms with Crippen LogP contribution >= 0.6 is 11.6 Å². The lowest BCUT2D eigenvalue weighted by Crippen LogP contribution is -2.18. The molecule has 0 aliphatic heterocycles. The standard InChI is InChI=1S/C16H17ClFNO3/c1-21-11-2-4-12(5-3-11)22-9-14-13(16(19)8-20)6-10(18)7-15(14)17/h2-7,16,20H,8-9,19H2,1H3/t16-/m0/s1. The van der Waals surface area contributed by atoms with Crippen LogP contribution in [0.15, 0.2) is 36.4 Å². The van der Waals surface area contributed by atoms with E-state index in [0.29, 0.717) is 16.9 Å². The van der Waals surface area contributed by atoms with Gasteiger partial charge in [-0.3, -0.25) is 0 Å². The maximum absolute atomic E-state index is 13.5. The summed E-state index contributed by atoms with van der Waals surface area (Å²) >= 11 is 6.07. The number of methoxy groups -OCH3 is 1. The molecule has 0 saturated carbocycles. The summed E-state index contributed by atoms with van der Waals surface area (Å²) in [4.78, 5) is 0. The van der Waals surface area contributed by atoms with E-state index in [1.165, 1.54) is 12.1 Å². The van der Waals surface area contributed by atoms with E-state index < -0.39 is 11.9 Å². The summed E-state index contributed by atoms with van der Waals surface area (Å²) in [7, 11) is 1.58. The molecule has 0 aliphatic carbocycles. The highest BCUT2D eigenvalue weighted by atomic mass is 35.5. The second-order valence-electron chi connectivity index (χ2n) is 4.71. The molecule has 0 radical (unpaired) electrons. The fourth-order valence-electron chi connectivity index (χ4n) is 2.03. The zero-order valence-corrected chi connectivity index (χ0v) is 12.8. The Labute approximate surface area is 133 Å². The molecule has 6 heteroatoms. The summed E-state index contributed by atoms with van der Waals surface area (Å²) in [6.07, 6.45) is 0. The quantitative estimate of drug-likeness (QED) is 0.856. The molecule has 22 heavy (non-hydrogen) atoms. The number of benzene rings is 2. The molecule has 2 aromatic rings. The van der Waals surface area contributed by atoms with Crippen LogP contribution in [0.25, 0.3) is 0 Å². The monoisotopic (exact) mass is 325 g/mol. The molecule has 3 N–H and O–H groups in total. The van der Waals surface area contributed by atoms with Crippen molar-refractivity contribution in [3.05, 3.63) is 58.4 Å². The third-order valence-corrected chi connectivity index (χ3v) is 3.57. The van der Waals surface area contributed by atoms with Gasteiger partial charge in [0.2, 0.25) is 0 Å². The van der Waals surface area contributed by atoms with Gasteiger partial charge in [0.15, 0.2) is 0 Å². The SMILES string of the molecule is COc1ccc(OCc2c(Cl)cc(F)cc2[C@@H](N)CO)cc1. The van der Waals surface area contributed by atoms with Gasteiger partial charge in [0.05, 0.1) is 24.8 Å². The maximum atomic E-state index is 13.5. The third kappa shape index (κ3) is 3.88. The summed E-state index contributed by atoms with van der Waals surface area (Å²) in [5.74, 6) is 0.831. The van der Waals surface area contributed by atoms with Crippen LogP contribution in [-0.2, 0) is 6.61 Å². The van der Waals surface area contributed by atoms with E-state index in [2.05, 4.69) is 0 Å². The molecule has 0 bridgehead atoms. The molecule has 0 unspecified atom stereocenters. The Balaban J connectivity index is 2.20. The summed E-state index contributed by atoms with van der Waals surface area (Å²) in [5.41, 5.74) is 6.78. The summed E-state index contributed by atoms with van der Waals surface area (Å²) < 4.78 is 24.2. The number of rotatable bonds is 6. The van der Waals surface area contributed by atoms with Crippen LogP contribution in [0.2, 0.25) is 5.02 Å². The van der Waals surface area contributed by atoms with E-state index >= 15 is 0 Å². The summed E-state index contributed by atoms with van der Waals surface area (Å²) in [6, 6.07) is 8.78. The fraction of sp³-hybridized carbons (Fsp3) is 0.250. The molecule has 4 nitrogen and oxygen atoms in total. The highest BCUT2D eigenvalue weighted by molar-refractivity contribution is 6.31. The normalized spacial score (nSPS) is 12.0.